The molecule has 0 spiro atoms. The molecule has 0 bridgehead atoms. The number of ether oxygens (including phenoxy) is 2. The lowest BCUT2D eigenvalue weighted by Crippen LogP contribution is -2.19. The summed E-state index contributed by atoms with van der Waals surface area (Å²) in [5.41, 5.74) is 0. The molecule has 0 rings (SSSR count). The van der Waals surface area contributed by atoms with E-state index in [0.29, 0.717) is 12.3 Å². The van der Waals surface area contributed by atoms with Crippen LogP contribution in [0.15, 0.2) is 0 Å². The van der Waals surface area contributed by atoms with Gasteiger partial charge >= 0.3 is 11.9 Å². The maximum Gasteiger partial charge on any atom is 0.306 e. The molecule has 0 saturated heterocycles. The van der Waals surface area contributed by atoms with Crippen LogP contribution in [0.5, 0.6) is 0 Å². The Kier molecular flexibility index (Phi) is 8.46. The number of carbonyl (C=O) groups excluding carboxylic acids is 2. The summed E-state index contributed by atoms with van der Waals surface area (Å²) in [4.78, 5) is 22.3. The number of methoxy groups -OCH3 is 1. The van der Waals surface area contributed by atoms with Gasteiger partial charge in [0, 0.05) is 12.8 Å². The molecule has 4 heteroatoms. The van der Waals surface area contributed by atoms with Crippen molar-refractivity contribution < 1.29 is 19.1 Å². The van der Waals surface area contributed by atoms with E-state index in [2.05, 4.69) is 18.6 Å². The van der Waals surface area contributed by atoms with Crippen molar-refractivity contribution in [2.75, 3.05) is 7.11 Å². The third-order valence-corrected chi connectivity index (χ3v) is 2.48. The lowest BCUT2D eigenvalue weighted by molar-refractivity contribution is -0.150. The molecule has 100 valence electrons. The number of carbonyl (C=O) groups is 2. The van der Waals surface area contributed by atoms with Gasteiger partial charge in [0.05, 0.1) is 7.11 Å². The van der Waals surface area contributed by atoms with Crippen molar-refractivity contribution in [1.29, 1.82) is 0 Å². The van der Waals surface area contributed by atoms with Crippen molar-refractivity contribution in [3.05, 3.63) is 0 Å². The highest BCUT2D eigenvalue weighted by Gasteiger charge is 2.14. The monoisotopic (exact) mass is 244 g/mol. The van der Waals surface area contributed by atoms with E-state index in [-0.39, 0.29) is 30.9 Å². The van der Waals surface area contributed by atoms with Crippen LogP contribution < -0.4 is 0 Å². The van der Waals surface area contributed by atoms with Crippen LogP contribution >= 0.6 is 0 Å². The van der Waals surface area contributed by atoms with Gasteiger partial charge in [-0.15, -0.1) is 0 Å². The molecule has 0 saturated carbocycles. The van der Waals surface area contributed by atoms with Crippen LogP contribution in [0.4, 0.5) is 0 Å². The Bertz CT molecular complexity index is 236. The van der Waals surface area contributed by atoms with E-state index in [9.17, 15) is 9.59 Å². The molecule has 0 aromatic heterocycles. The van der Waals surface area contributed by atoms with Gasteiger partial charge in [0.25, 0.3) is 0 Å². The van der Waals surface area contributed by atoms with Crippen molar-refractivity contribution in [2.45, 2.75) is 59.0 Å². The summed E-state index contributed by atoms with van der Waals surface area (Å²) in [6.07, 6.45) is 2.76. The highest BCUT2D eigenvalue weighted by molar-refractivity contribution is 5.72. The molecule has 0 aromatic rings. The molecule has 4 nitrogen and oxygen atoms in total. The second-order valence-electron chi connectivity index (χ2n) is 4.58. The number of hydrogen-bond donors (Lipinski definition) is 0. The Morgan fingerprint density at radius 3 is 2.18 bits per heavy atom. The highest BCUT2D eigenvalue weighted by atomic mass is 16.5. The summed E-state index contributed by atoms with van der Waals surface area (Å²) in [7, 11) is 1.34. The van der Waals surface area contributed by atoms with Gasteiger partial charge in [-0.2, -0.15) is 0 Å². The molecule has 0 heterocycles. The van der Waals surface area contributed by atoms with E-state index < -0.39 is 0 Å². The average molecular weight is 244 g/mol. The Balaban J connectivity index is 3.79. The summed E-state index contributed by atoms with van der Waals surface area (Å²) in [6.45, 7) is 6.22. The van der Waals surface area contributed by atoms with Gasteiger partial charge in [-0.25, -0.2) is 0 Å². The quantitative estimate of drug-likeness (QED) is 0.616. The Labute approximate surface area is 104 Å². The molecule has 1 unspecified atom stereocenters. The van der Waals surface area contributed by atoms with Crippen LogP contribution in [0.2, 0.25) is 0 Å². The number of esters is 2. The van der Waals surface area contributed by atoms with Gasteiger partial charge in [-0.1, -0.05) is 20.8 Å². The third kappa shape index (κ3) is 8.72. The van der Waals surface area contributed by atoms with E-state index in [1.807, 2.05) is 6.92 Å². The van der Waals surface area contributed by atoms with Gasteiger partial charge in [0.1, 0.15) is 6.10 Å². The predicted octanol–water partition coefficient (Wildman–Crippen LogP) is 2.70. The second-order valence-corrected chi connectivity index (χ2v) is 4.58. The van der Waals surface area contributed by atoms with Crippen molar-refractivity contribution in [1.82, 2.24) is 0 Å². The molecule has 0 aliphatic heterocycles. The van der Waals surface area contributed by atoms with E-state index in [1.165, 1.54) is 7.11 Å². The predicted molar refractivity (Wildman–Crippen MR) is 65.5 cm³/mol. The molecular formula is C13H24O4. The fourth-order valence-electron chi connectivity index (χ4n) is 1.55. The standard InChI is InChI=1S/C13H24O4/c1-5-11(9-10(2)3)17-13(15)8-6-7-12(14)16-4/h10-11H,5-9H2,1-4H3. The van der Waals surface area contributed by atoms with Gasteiger partial charge < -0.3 is 9.47 Å². The Morgan fingerprint density at radius 1 is 1.12 bits per heavy atom. The van der Waals surface area contributed by atoms with Crippen molar-refractivity contribution >= 4 is 11.9 Å². The molecule has 0 N–H and O–H groups in total. The first-order valence-electron chi connectivity index (χ1n) is 6.25. The summed E-state index contributed by atoms with van der Waals surface area (Å²) in [6, 6.07) is 0. The van der Waals surface area contributed by atoms with Crippen LogP contribution in [-0.2, 0) is 19.1 Å². The summed E-state index contributed by atoms with van der Waals surface area (Å²) >= 11 is 0. The number of rotatable bonds is 8. The minimum absolute atomic E-state index is 0.000580. The van der Waals surface area contributed by atoms with Gasteiger partial charge in [0.2, 0.25) is 0 Å². The lowest BCUT2D eigenvalue weighted by atomic mass is 10.0. The smallest absolute Gasteiger partial charge is 0.306 e. The van der Waals surface area contributed by atoms with Gasteiger partial charge in [0.15, 0.2) is 0 Å². The van der Waals surface area contributed by atoms with Crippen LogP contribution in [0.3, 0.4) is 0 Å². The van der Waals surface area contributed by atoms with Gasteiger partial charge in [-0.3, -0.25) is 9.59 Å². The largest absolute Gasteiger partial charge is 0.469 e. The second kappa shape index (κ2) is 9.02. The first-order valence-corrected chi connectivity index (χ1v) is 6.25. The molecule has 0 amide bonds. The minimum Gasteiger partial charge on any atom is -0.469 e. The Hall–Kier alpha value is -1.06. The maximum atomic E-state index is 11.5. The van der Waals surface area contributed by atoms with E-state index in [4.69, 9.17) is 4.74 Å². The topological polar surface area (TPSA) is 52.6 Å². The van der Waals surface area contributed by atoms with Crippen LogP contribution in [0, 0.1) is 5.92 Å². The first kappa shape index (κ1) is 15.9. The number of hydrogen-bond acceptors (Lipinski definition) is 4. The fraction of sp³-hybridized carbons (Fsp3) is 0.846. The SMILES string of the molecule is CCC(CC(C)C)OC(=O)CCCC(=O)OC. The molecule has 0 aliphatic carbocycles. The van der Waals surface area contributed by atoms with E-state index >= 15 is 0 Å². The third-order valence-electron chi connectivity index (χ3n) is 2.48. The van der Waals surface area contributed by atoms with Crippen LogP contribution in [-0.4, -0.2) is 25.2 Å². The minimum atomic E-state index is -0.285. The Morgan fingerprint density at radius 2 is 1.71 bits per heavy atom. The summed E-state index contributed by atoms with van der Waals surface area (Å²) in [5, 5.41) is 0. The molecular weight excluding hydrogens is 220 g/mol. The zero-order valence-electron chi connectivity index (χ0n) is 11.3. The maximum absolute atomic E-state index is 11.5. The lowest BCUT2D eigenvalue weighted by Gasteiger charge is -2.17. The van der Waals surface area contributed by atoms with Crippen LogP contribution in [0.25, 0.3) is 0 Å². The van der Waals surface area contributed by atoms with Crippen molar-refractivity contribution in [2.24, 2.45) is 5.92 Å². The fourth-order valence-corrected chi connectivity index (χ4v) is 1.55. The molecule has 0 radical (unpaired) electrons. The molecule has 17 heavy (non-hydrogen) atoms. The normalized spacial score (nSPS) is 12.3. The molecule has 0 aromatic carbocycles. The van der Waals surface area contributed by atoms with Crippen molar-refractivity contribution in [3.8, 4) is 0 Å². The average Bonchev–Trinajstić information content (AvgIpc) is 2.27. The molecule has 0 fully saturated rings. The summed E-state index contributed by atoms with van der Waals surface area (Å²) < 4.78 is 9.83. The zero-order chi connectivity index (χ0) is 13.3. The van der Waals surface area contributed by atoms with Crippen molar-refractivity contribution in [3.63, 3.8) is 0 Å². The van der Waals surface area contributed by atoms with Crippen LogP contribution in [0.1, 0.15) is 52.9 Å². The highest BCUT2D eigenvalue weighted by Crippen LogP contribution is 2.13. The first-order chi connectivity index (χ1) is 7.99. The summed E-state index contributed by atoms with van der Waals surface area (Å²) in [5.74, 6) is 0.0104. The molecule has 0 aliphatic rings. The van der Waals surface area contributed by atoms with E-state index in [0.717, 1.165) is 12.8 Å². The van der Waals surface area contributed by atoms with E-state index in [1.54, 1.807) is 0 Å². The van der Waals surface area contributed by atoms with Gasteiger partial charge in [-0.05, 0) is 25.2 Å². The molecule has 1 atom stereocenters. The zero-order valence-corrected chi connectivity index (χ0v) is 11.3.